The van der Waals surface area contributed by atoms with E-state index in [2.05, 4.69) is 6.92 Å². The van der Waals surface area contributed by atoms with E-state index in [1.807, 2.05) is 0 Å². The molecule has 0 aliphatic carbocycles. The second-order valence-corrected chi connectivity index (χ2v) is 5.02. The van der Waals surface area contributed by atoms with E-state index >= 15 is 0 Å². The van der Waals surface area contributed by atoms with Gasteiger partial charge in [-0.15, -0.1) is 0 Å². The molecule has 0 aromatic carbocycles. The van der Waals surface area contributed by atoms with Crippen molar-refractivity contribution < 1.29 is 32.2 Å². The van der Waals surface area contributed by atoms with Crippen LogP contribution in [0.15, 0.2) is 0 Å². The fourth-order valence-electron chi connectivity index (χ4n) is 0.512. The van der Waals surface area contributed by atoms with E-state index in [1.165, 1.54) is 22.1 Å². The van der Waals surface area contributed by atoms with E-state index in [1.54, 1.807) is 0 Å². The first-order chi connectivity index (χ1) is 3.41. The Morgan fingerprint density at radius 3 is 2.57 bits per heavy atom. The van der Waals surface area contributed by atoms with Gasteiger partial charge in [0.1, 0.15) is 0 Å². The zero-order valence-electron chi connectivity index (χ0n) is 4.98. The zero-order chi connectivity index (χ0) is 5.54. The number of unbranched alkanes of at least 4 members (excludes halogenated alkanes) is 2. The first-order valence-electron chi connectivity index (χ1n) is 2.95. The predicted molar refractivity (Wildman–Crippen MR) is 28.5 cm³/mol. The molecule has 0 bridgehead atoms. The van der Waals surface area contributed by atoms with E-state index in [4.69, 9.17) is 2.50 Å². The van der Waals surface area contributed by atoms with Gasteiger partial charge in [-0.25, -0.2) is 0 Å². The second kappa shape index (κ2) is 7.15. The molecular formula is C5H13LaN. The normalized spacial score (nSPS) is 8.29. The second-order valence-electron chi connectivity index (χ2n) is 1.73. The standard InChI is InChI=1S/C5H11.La.H2N/c1-3-5-4-2;;/h1,3-5H2,2H3;;1H2/q;+1;-1. The molecule has 0 spiro atoms. The van der Waals surface area contributed by atoms with Crippen molar-refractivity contribution in [2.75, 3.05) is 0 Å². The molecule has 0 radical (unpaired) electrons. The van der Waals surface area contributed by atoms with Crippen molar-refractivity contribution in [3.05, 3.63) is 0 Å². The fraction of sp³-hybridized carbons (Fsp3) is 1.00. The summed E-state index contributed by atoms with van der Waals surface area (Å²) in [5.74, 6) is 0. The molecule has 0 fully saturated rings. The van der Waals surface area contributed by atoms with Gasteiger partial charge in [0.05, 0.1) is 0 Å². The van der Waals surface area contributed by atoms with E-state index in [9.17, 15) is 0 Å². The van der Waals surface area contributed by atoms with Gasteiger partial charge in [0.25, 0.3) is 0 Å². The summed E-state index contributed by atoms with van der Waals surface area (Å²) in [4.78, 5) is 0. The molecule has 0 amide bonds. The van der Waals surface area contributed by atoms with Crippen LogP contribution in [0.3, 0.4) is 0 Å². The average molecular weight is 226 g/mol. The minimum atomic E-state index is -0.590. The van der Waals surface area contributed by atoms with Crippen LogP contribution in [0.2, 0.25) is 2.82 Å². The minimum absolute atomic E-state index is 0.590. The Hall–Kier alpha value is 1.15. The maximum atomic E-state index is 5.48. The van der Waals surface area contributed by atoms with Crippen LogP contribution in [0.4, 0.5) is 0 Å². The predicted octanol–water partition coefficient (Wildman–Crippen LogP) is 1.55. The molecule has 0 unspecified atom stereocenters. The molecule has 7 heavy (non-hydrogen) atoms. The Morgan fingerprint density at radius 1 is 1.43 bits per heavy atom. The van der Waals surface area contributed by atoms with Gasteiger partial charge in [0, 0.05) is 0 Å². The van der Waals surface area contributed by atoms with Gasteiger partial charge in [-0.1, -0.05) is 0 Å². The third-order valence-corrected chi connectivity index (χ3v) is 3.30. The molecule has 2 heteroatoms. The van der Waals surface area contributed by atoms with E-state index in [-0.39, 0.29) is 0 Å². The molecule has 0 aliphatic rings. The third kappa shape index (κ3) is 7.15. The Balaban J connectivity index is 2.45. The van der Waals surface area contributed by atoms with Gasteiger partial charge < -0.3 is 0 Å². The summed E-state index contributed by atoms with van der Waals surface area (Å²) >= 11 is -0.590. The van der Waals surface area contributed by atoms with Gasteiger partial charge in [0.15, 0.2) is 0 Å². The van der Waals surface area contributed by atoms with Crippen molar-refractivity contribution in [2.24, 2.45) is 2.50 Å². The summed E-state index contributed by atoms with van der Waals surface area (Å²) in [6.45, 7) is 2.23. The molecular weight excluding hydrogens is 213 g/mol. The van der Waals surface area contributed by atoms with Crippen LogP contribution in [-0.4, -0.2) is 0 Å². The molecule has 0 aliphatic heterocycles. The van der Waals surface area contributed by atoms with Crippen molar-refractivity contribution >= 4 is 0 Å². The molecule has 41 valence electrons. The third-order valence-electron chi connectivity index (χ3n) is 0.974. The van der Waals surface area contributed by atoms with Gasteiger partial charge in [-0.05, 0) is 0 Å². The number of nitrogens with two attached hydrogens (primary N) is 1. The monoisotopic (exact) mass is 226 g/mol. The summed E-state index contributed by atoms with van der Waals surface area (Å²) in [6, 6.07) is 0. The van der Waals surface area contributed by atoms with Crippen LogP contribution < -0.4 is 2.50 Å². The Morgan fingerprint density at radius 2 is 2.14 bits per heavy atom. The molecule has 0 saturated heterocycles. The van der Waals surface area contributed by atoms with Crippen molar-refractivity contribution in [1.29, 1.82) is 0 Å². The number of hydrogen-bond donors (Lipinski definition) is 1. The van der Waals surface area contributed by atoms with E-state index < -0.39 is 32.2 Å². The molecule has 0 aromatic heterocycles. The summed E-state index contributed by atoms with van der Waals surface area (Å²) in [5.41, 5.74) is 0. The van der Waals surface area contributed by atoms with Crippen molar-refractivity contribution in [2.45, 2.75) is 29.0 Å². The van der Waals surface area contributed by atoms with Gasteiger partial charge in [-0.2, -0.15) is 0 Å². The number of rotatable bonds is 4. The SMILES string of the molecule is CCCC[CH2][La][NH2]. The van der Waals surface area contributed by atoms with Crippen molar-refractivity contribution in [1.82, 2.24) is 0 Å². The van der Waals surface area contributed by atoms with E-state index in [0.29, 0.717) is 0 Å². The Kier molecular flexibility index (Phi) is 8.34. The molecule has 0 saturated carbocycles. The quantitative estimate of drug-likeness (QED) is 0.723. The van der Waals surface area contributed by atoms with Crippen LogP contribution >= 0.6 is 0 Å². The summed E-state index contributed by atoms with van der Waals surface area (Å²) in [7, 11) is 0. The Labute approximate surface area is 63.3 Å². The molecule has 0 aromatic rings. The van der Waals surface area contributed by atoms with Gasteiger partial charge >= 0.3 is 63.7 Å². The van der Waals surface area contributed by atoms with Gasteiger partial charge in [-0.3, -0.25) is 0 Å². The van der Waals surface area contributed by atoms with Crippen LogP contribution in [0, 0.1) is 32.2 Å². The summed E-state index contributed by atoms with van der Waals surface area (Å²) in [5, 5.41) is 0. The van der Waals surface area contributed by atoms with Crippen molar-refractivity contribution in [3.8, 4) is 0 Å². The number of hydrogen-bond acceptors (Lipinski definition) is 1. The van der Waals surface area contributed by atoms with Gasteiger partial charge in [0.2, 0.25) is 0 Å². The first kappa shape index (κ1) is 8.15. The molecule has 0 atom stereocenters. The average Bonchev–Trinajstić information content (AvgIpc) is 1.69. The summed E-state index contributed by atoms with van der Waals surface area (Å²) < 4.78 is 6.89. The van der Waals surface area contributed by atoms with Crippen LogP contribution in [-0.2, 0) is 0 Å². The van der Waals surface area contributed by atoms with Crippen LogP contribution in [0.1, 0.15) is 26.2 Å². The van der Waals surface area contributed by atoms with Crippen LogP contribution in [0.25, 0.3) is 0 Å². The zero-order valence-corrected chi connectivity index (χ0v) is 8.61. The molecule has 0 heterocycles. The topological polar surface area (TPSA) is 26.0 Å². The molecule has 1 nitrogen and oxygen atoms in total. The first-order valence-corrected chi connectivity index (χ1v) is 7.61. The van der Waals surface area contributed by atoms with E-state index in [0.717, 1.165) is 0 Å². The molecule has 2 N–H and O–H groups in total. The Bertz CT molecular complexity index is 27.3. The summed E-state index contributed by atoms with van der Waals surface area (Å²) in [6.07, 6.45) is 4.14. The fourth-order valence-corrected chi connectivity index (χ4v) is 2.16. The van der Waals surface area contributed by atoms with Crippen molar-refractivity contribution in [3.63, 3.8) is 0 Å². The molecule has 0 rings (SSSR count). The van der Waals surface area contributed by atoms with Crippen LogP contribution in [0.5, 0.6) is 0 Å². The maximum absolute atomic E-state index is 5.48.